The average Bonchev–Trinajstić information content (AvgIpc) is 3.37. The van der Waals surface area contributed by atoms with Crippen molar-refractivity contribution in [3.8, 4) is 17.1 Å². The molecule has 0 bridgehead atoms. The molecule has 130 valence electrons. The lowest BCUT2D eigenvalue weighted by molar-refractivity contribution is 0.415. The summed E-state index contributed by atoms with van der Waals surface area (Å²) in [5, 5.41) is 8.73. The van der Waals surface area contributed by atoms with E-state index in [1.807, 2.05) is 24.3 Å². The standard InChI is InChI=1S/C20H18N4OS/c1-25-16-7-4-6-15(11-16)19-21-22-20-24(19)13-17(26-20)12-23-10-9-14-5-2-3-8-18(14)23/h2-8,11,13H,9-10,12H2,1H3. The van der Waals surface area contributed by atoms with Crippen LogP contribution in [0.25, 0.3) is 16.3 Å². The van der Waals surface area contributed by atoms with Gasteiger partial charge in [-0.25, -0.2) is 0 Å². The van der Waals surface area contributed by atoms with Crippen LogP contribution in [0.4, 0.5) is 5.69 Å². The second-order valence-corrected chi connectivity index (χ2v) is 7.50. The zero-order valence-corrected chi connectivity index (χ0v) is 15.2. The largest absolute Gasteiger partial charge is 0.497 e. The Bertz CT molecular complexity index is 1080. The predicted octanol–water partition coefficient (Wildman–Crippen LogP) is 4.03. The van der Waals surface area contributed by atoms with E-state index in [-0.39, 0.29) is 0 Å². The highest BCUT2D eigenvalue weighted by Crippen LogP contribution is 2.31. The molecule has 4 aromatic rings. The summed E-state index contributed by atoms with van der Waals surface area (Å²) in [4.78, 5) is 4.65. The Morgan fingerprint density at radius 2 is 2.04 bits per heavy atom. The third-order valence-electron chi connectivity index (χ3n) is 4.82. The Morgan fingerprint density at radius 3 is 2.96 bits per heavy atom. The number of anilines is 1. The number of aromatic nitrogens is 3. The van der Waals surface area contributed by atoms with Crippen LogP contribution in [0.1, 0.15) is 10.4 Å². The van der Waals surface area contributed by atoms with E-state index in [9.17, 15) is 0 Å². The normalized spacial score (nSPS) is 13.3. The number of nitrogens with zero attached hydrogens (tertiary/aromatic N) is 4. The Kier molecular flexibility index (Phi) is 3.64. The lowest BCUT2D eigenvalue weighted by Gasteiger charge is -2.17. The monoisotopic (exact) mass is 362 g/mol. The van der Waals surface area contributed by atoms with Crippen molar-refractivity contribution in [1.29, 1.82) is 0 Å². The van der Waals surface area contributed by atoms with Crippen molar-refractivity contribution in [3.05, 3.63) is 65.2 Å². The lowest BCUT2D eigenvalue weighted by Crippen LogP contribution is -2.18. The van der Waals surface area contributed by atoms with Crippen LogP contribution in [0.2, 0.25) is 0 Å². The number of para-hydroxylation sites is 1. The number of ether oxygens (including phenoxy) is 1. The topological polar surface area (TPSA) is 42.7 Å². The first kappa shape index (κ1) is 15.4. The zero-order valence-electron chi connectivity index (χ0n) is 14.4. The number of thiazole rings is 1. The summed E-state index contributed by atoms with van der Waals surface area (Å²) in [5.74, 6) is 1.67. The molecule has 0 fully saturated rings. The number of fused-ring (bicyclic) bond motifs is 2. The number of hydrogen-bond acceptors (Lipinski definition) is 5. The van der Waals surface area contributed by atoms with Crippen molar-refractivity contribution in [2.45, 2.75) is 13.0 Å². The van der Waals surface area contributed by atoms with Crippen LogP contribution in [-0.4, -0.2) is 28.3 Å². The van der Waals surface area contributed by atoms with E-state index < -0.39 is 0 Å². The van der Waals surface area contributed by atoms with E-state index >= 15 is 0 Å². The molecule has 26 heavy (non-hydrogen) atoms. The van der Waals surface area contributed by atoms with Crippen LogP contribution in [0.3, 0.4) is 0 Å². The van der Waals surface area contributed by atoms with E-state index in [4.69, 9.17) is 4.74 Å². The highest BCUT2D eigenvalue weighted by Gasteiger charge is 2.20. The van der Waals surface area contributed by atoms with Crippen LogP contribution in [0.5, 0.6) is 5.75 Å². The highest BCUT2D eigenvalue weighted by molar-refractivity contribution is 7.17. The first-order valence-electron chi connectivity index (χ1n) is 8.62. The fourth-order valence-electron chi connectivity index (χ4n) is 3.54. The van der Waals surface area contributed by atoms with E-state index in [1.165, 1.54) is 16.1 Å². The van der Waals surface area contributed by atoms with Gasteiger partial charge in [0.2, 0.25) is 4.96 Å². The Morgan fingerprint density at radius 1 is 1.12 bits per heavy atom. The maximum atomic E-state index is 5.33. The molecule has 2 aromatic heterocycles. The molecular formula is C20H18N4OS. The van der Waals surface area contributed by atoms with Gasteiger partial charge in [0, 0.05) is 28.9 Å². The number of rotatable bonds is 4. The van der Waals surface area contributed by atoms with Gasteiger partial charge in [0.15, 0.2) is 5.82 Å². The zero-order chi connectivity index (χ0) is 17.5. The van der Waals surface area contributed by atoms with Crippen LogP contribution < -0.4 is 9.64 Å². The molecule has 0 atom stereocenters. The Hall–Kier alpha value is -2.86. The molecule has 2 aromatic carbocycles. The minimum absolute atomic E-state index is 0.823. The van der Waals surface area contributed by atoms with Crippen LogP contribution in [0, 0.1) is 0 Å². The average molecular weight is 362 g/mol. The molecule has 0 radical (unpaired) electrons. The van der Waals surface area contributed by atoms with Crippen LogP contribution >= 0.6 is 11.3 Å². The van der Waals surface area contributed by atoms with Crippen molar-refractivity contribution < 1.29 is 4.74 Å². The minimum atomic E-state index is 0.823. The molecule has 0 saturated carbocycles. The quantitative estimate of drug-likeness (QED) is 0.550. The summed E-state index contributed by atoms with van der Waals surface area (Å²) in [6.45, 7) is 1.98. The van der Waals surface area contributed by atoms with Crippen molar-refractivity contribution in [2.75, 3.05) is 18.6 Å². The van der Waals surface area contributed by atoms with Crippen molar-refractivity contribution in [2.24, 2.45) is 0 Å². The minimum Gasteiger partial charge on any atom is -0.497 e. The Labute approximate surface area is 155 Å². The third-order valence-corrected chi connectivity index (χ3v) is 5.78. The van der Waals surface area contributed by atoms with Gasteiger partial charge in [0.1, 0.15) is 5.75 Å². The summed E-state index contributed by atoms with van der Waals surface area (Å²) >= 11 is 1.70. The summed E-state index contributed by atoms with van der Waals surface area (Å²) in [6.07, 6.45) is 3.28. The van der Waals surface area contributed by atoms with Crippen molar-refractivity contribution in [3.63, 3.8) is 0 Å². The Balaban J connectivity index is 1.47. The fourth-order valence-corrected chi connectivity index (χ4v) is 4.47. The SMILES string of the molecule is COc1cccc(-c2nnc3sc(CN4CCc5ccccc54)cn23)c1. The third kappa shape index (κ3) is 2.54. The molecule has 0 spiro atoms. The second-order valence-electron chi connectivity index (χ2n) is 6.41. The molecule has 3 heterocycles. The molecular weight excluding hydrogens is 344 g/mol. The first-order chi connectivity index (χ1) is 12.8. The predicted molar refractivity (Wildman–Crippen MR) is 104 cm³/mol. The maximum Gasteiger partial charge on any atom is 0.216 e. The number of benzene rings is 2. The molecule has 0 aliphatic carbocycles. The van der Waals surface area contributed by atoms with Gasteiger partial charge >= 0.3 is 0 Å². The first-order valence-corrected chi connectivity index (χ1v) is 9.44. The van der Waals surface area contributed by atoms with Crippen molar-refractivity contribution in [1.82, 2.24) is 14.6 Å². The van der Waals surface area contributed by atoms with Crippen LogP contribution in [-0.2, 0) is 13.0 Å². The molecule has 0 unspecified atom stereocenters. The number of methoxy groups -OCH3 is 1. The van der Waals surface area contributed by atoms with E-state index in [1.54, 1.807) is 18.4 Å². The van der Waals surface area contributed by atoms with Gasteiger partial charge in [-0.3, -0.25) is 4.40 Å². The molecule has 1 aliphatic rings. The van der Waals surface area contributed by atoms with Gasteiger partial charge in [-0.1, -0.05) is 41.7 Å². The van der Waals surface area contributed by atoms with Crippen LogP contribution in [0.15, 0.2) is 54.7 Å². The van der Waals surface area contributed by atoms with Gasteiger partial charge in [0.25, 0.3) is 0 Å². The van der Waals surface area contributed by atoms with Gasteiger partial charge < -0.3 is 9.64 Å². The van der Waals surface area contributed by atoms with Crippen molar-refractivity contribution >= 4 is 22.0 Å². The fraction of sp³-hybridized carbons (Fsp3) is 0.200. The van der Waals surface area contributed by atoms with E-state index in [2.05, 4.69) is 50.0 Å². The molecule has 5 rings (SSSR count). The van der Waals surface area contributed by atoms with E-state index in [0.29, 0.717) is 0 Å². The summed E-state index contributed by atoms with van der Waals surface area (Å²) in [7, 11) is 1.68. The highest BCUT2D eigenvalue weighted by atomic mass is 32.1. The summed E-state index contributed by atoms with van der Waals surface area (Å²) in [6, 6.07) is 16.6. The van der Waals surface area contributed by atoms with Gasteiger partial charge in [-0.05, 0) is 30.2 Å². The molecule has 0 N–H and O–H groups in total. The lowest BCUT2D eigenvalue weighted by atomic mass is 10.2. The molecule has 0 amide bonds. The summed E-state index contributed by atoms with van der Waals surface area (Å²) in [5.41, 5.74) is 3.80. The second kappa shape index (κ2) is 6.14. The molecule has 6 heteroatoms. The van der Waals surface area contributed by atoms with Gasteiger partial charge in [-0.15, -0.1) is 10.2 Å². The van der Waals surface area contributed by atoms with Gasteiger partial charge in [-0.2, -0.15) is 0 Å². The number of hydrogen-bond donors (Lipinski definition) is 0. The molecule has 5 nitrogen and oxygen atoms in total. The molecule has 1 aliphatic heterocycles. The maximum absolute atomic E-state index is 5.33. The smallest absolute Gasteiger partial charge is 0.216 e. The van der Waals surface area contributed by atoms with Gasteiger partial charge in [0.05, 0.1) is 13.7 Å². The summed E-state index contributed by atoms with van der Waals surface area (Å²) < 4.78 is 7.41. The molecule has 0 saturated heterocycles. The van der Waals surface area contributed by atoms with E-state index in [0.717, 1.165) is 41.6 Å².